The first-order valence-electron chi connectivity index (χ1n) is 7.27. The molecule has 0 bridgehead atoms. The smallest absolute Gasteiger partial charge is 0.119 e. The molecule has 0 amide bonds. The molecule has 0 radical (unpaired) electrons. The second kappa shape index (κ2) is 10.8. The molecule has 21 heavy (non-hydrogen) atoms. The number of alkyl halides is 1. The lowest BCUT2D eigenvalue weighted by molar-refractivity contribution is 0.370. The molecule has 0 aliphatic carbocycles. The predicted molar refractivity (Wildman–Crippen MR) is 94.0 cm³/mol. The van der Waals surface area contributed by atoms with E-state index in [1.165, 1.54) is 0 Å². The van der Waals surface area contributed by atoms with Crippen LogP contribution in [0.2, 0.25) is 0 Å². The molecule has 0 N–H and O–H groups in total. The fourth-order valence-corrected chi connectivity index (χ4v) is 2.15. The highest BCUT2D eigenvalue weighted by molar-refractivity contribution is 5.36. The van der Waals surface area contributed by atoms with Crippen molar-refractivity contribution in [3.05, 3.63) is 85.6 Å². The molecule has 114 valence electrons. The average molecular weight is 286 g/mol. The molecule has 0 rings (SSSR count). The van der Waals surface area contributed by atoms with Crippen LogP contribution >= 0.6 is 0 Å². The molecule has 0 nitrogen and oxygen atoms in total. The maximum atomic E-state index is 13.7. The number of hydrogen-bond donors (Lipinski definition) is 0. The third-order valence-electron chi connectivity index (χ3n) is 3.30. The van der Waals surface area contributed by atoms with E-state index >= 15 is 0 Å². The summed E-state index contributed by atoms with van der Waals surface area (Å²) < 4.78 is 13.7. The van der Waals surface area contributed by atoms with E-state index in [4.69, 9.17) is 0 Å². The molecule has 0 aromatic heterocycles. The van der Waals surface area contributed by atoms with E-state index in [0.717, 1.165) is 29.6 Å². The van der Waals surface area contributed by atoms with Gasteiger partial charge < -0.3 is 0 Å². The van der Waals surface area contributed by atoms with Gasteiger partial charge in [-0.25, -0.2) is 4.39 Å². The molecule has 1 heteroatoms. The predicted octanol–water partition coefficient (Wildman–Crippen LogP) is 6.28. The quantitative estimate of drug-likeness (QED) is 0.414. The highest BCUT2D eigenvalue weighted by Crippen LogP contribution is 2.27. The number of halogens is 1. The van der Waals surface area contributed by atoms with Gasteiger partial charge in [-0.15, -0.1) is 0 Å². The average Bonchev–Trinajstić information content (AvgIpc) is 2.46. The molecule has 0 aliphatic heterocycles. The molecule has 0 fully saturated rings. The third kappa shape index (κ3) is 7.45. The van der Waals surface area contributed by atoms with Gasteiger partial charge in [0.2, 0.25) is 0 Å². The third-order valence-corrected chi connectivity index (χ3v) is 3.30. The summed E-state index contributed by atoms with van der Waals surface area (Å²) >= 11 is 0. The van der Waals surface area contributed by atoms with Gasteiger partial charge in [0.05, 0.1) is 0 Å². The van der Waals surface area contributed by atoms with Crippen molar-refractivity contribution in [3.63, 3.8) is 0 Å². The molecule has 0 aromatic rings. The summed E-state index contributed by atoms with van der Waals surface area (Å²) in [6.07, 6.45) is 13.3. The Bertz CT molecular complexity index is 458. The van der Waals surface area contributed by atoms with E-state index < -0.39 is 6.17 Å². The van der Waals surface area contributed by atoms with Gasteiger partial charge in [-0.3, -0.25) is 0 Å². The minimum Gasteiger partial charge on any atom is -0.243 e. The van der Waals surface area contributed by atoms with Gasteiger partial charge in [-0.1, -0.05) is 81.3 Å². The highest BCUT2D eigenvalue weighted by Gasteiger charge is 2.17. The van der Waals surface area contributed by atoms with Gasteiger partial charge in [-0.05, 0) is 36.8 Å². The van der Waals surface area contributed by atoms with Gasteiger partial charge in [0.1, 0.15) is 6.17 Å². The number of rotatable bonds is 10. The number of allylic oxidation sites excluding steroid dienone is 10. The minimum absolute atomic E-state index is 0.149. The van der Waals surface area contributed by atoms with Gasteiger partial charge >= 0.3 is 0 Å². The zero-order valence-electron chi connectivity index (χ0n) is 13.3. The van der Waals surface area contributed by atoms with Crippen LogP contribution in [0.25, 0.3) is 0 Å². The summed E-state index contributed by atoms with van der Waals surface area (Å²) in [5.74, 6) is 0.149. The second-order valence-corrected chi connectivity index (χ2v) is 4.93. The van der Waals surface area contributed by atoms with Crippen LogP contribution in [0.3, 0.4) is 0 Å². The van der Waals surface area contributed by atoms with Crippen LogP contribution in [0.1, 0.15) is 26.7 Å². The normalized spacial score (nSPS) is 15.6. The Hall–Kier alpha value is -1.89. The second-order valence-electron chi connectivity index (χ2n) is 4.93. The van der Waals surface area contributed by atoms with Gasteiger partial charge in [0.15, 0.2) is 0 Å². The Morgan fingerprint density at radius 2 is 1.71 bits per heavy atom. The summed E-state index contributed by atoms with van der Waals surface area (Å²) in [7, 11) is 0. The van der Waals surface area contributed by atoms with Crippen LogP contribution in [0, 0.1) is 5.92 Å². The SMILES string of the molecule is C=C/C=C(C=C)/C=C\C(=C)CC(CC)/C(=C\C=C)C(C)F. The van der Waals surface area contributed by atoms with Crippen LogP contribution in [0.5, 0.6) is 0 Å². The summed E-state index contributed by atoms with van der Waals surface area (Å²) in [4.78, 5) is 0. The summed E-state index contributed by atoms with van der Waals surface area (Å²) in [5, 5.41) is 0. The molecule has 0 spiro atoms. The van der Waals surface area contributed by atoms with E-state index in [-0.39, 0.29) is 5.92 Å². The van der Waals surface area contributed by atoms with E-state index in [1.54, 1.807) is 31.2 Å². The fraction of sp³-hybridized carbons (Fsp3) is 0.300. The van der Waals surface area contributed by atoms with E-state index in [0.29, 0.717) is 0 Å². The van der Waals surface area contributed by atoms with Crippen LogP contribution < -0.4 is 0 Å². The molecule has 2 atom stereocenters. The van der Waals surface area contributed by atoms with Crippen molar-refractivity contribution >= 4 is 0 Å². The first kappa shape index (κ1) is 19.1. The maximum absolute atomic E-state index is 13.7. The Balaban J connectivity index is 4.94. The first-order chi connectivity index (χ1) is 9.99. The van der Waals surface area contributed by atoms with Gasteiger partial charge in [0.25, 0.3) is 0 Å². The molecule has 0 saturated carbocycles. The molecule has 0 aliphatic rings. The van der Waals surface area contributed by atoms with Crippen molar-refractivity contribution in [1.82, 2.24) is 0 Å². The molecular weight excluding hydrogens is 259 g/mol. The molecule has 2 unspecified atom stereocenters. The Kier molecular flexibility index (Phi) is 9.87. The van der Waals surface area contributed by atoms with Crippen molar-refractivity contribution in [2.75, 3.05) is 0 Å². The molecule has 0 heterocycles. The molecule has 0 saturated heterocycles. The van der Waals surface area contributed by atoms with Crippen molar-refractivity contribution in [2.45, 2.75) is 32.9 Å². The Morgan fingerprint density at radius 3 is 2.14 bits per heavy atom. The van der Waals surface area contributed by atoms with Gasteiger partial charge in [-0.2, -0.15) is 0 Å². The molecular formula is C20H27F. The first-order valence-corrected chi connectivity index (χ1v) is 7.27. The van der Waals surface area contributed by atoms with Crippen molar-refractivity contribution in [1.29, 1.82) is 0 Å². The topological polar surface area (TPSA) is 0 Å². The zero-order valence-corrected chi connectivity index (χ0v) is 13.3. The maximum Gasteiger partial charge on any atom is 0.119 e. The van der Waals surface area contributed by atoms with Crippen molar-refractivity contribution < 1.29 is 4.39 Å². The standard InChI is InChI=1S/C20H27F/c1-7-11-18(9-3)14-13-16(5)15-19(10-4)20(12-8-2)17(6)21/h7-9,11-14,17,19H,1-3,5,10,15H2,4,6H3/b14-13-,18-11+,20-12-. The van der Waals surface area contributed by atoms with E-state index in [1.807, 2.05) is 18.2 Å². The summed E-state index contributed by atoms with van der Waals surface area (Å²) in [6.45, 7) is 18.8. The van der Waals surface area contributed by atoms with Crippen molar-refractivity contribution in [2.24, 2.45) is 5.92 Å². The largest absolute Gasteiger partial charge is 0.243 e. The summed E-state index contributed by atoms with van der Waals surface area (Å²) in [6, 6.07) is 0. The Labute approximate surface area is 129 Å². The lowest BCUT2D eigenvalue weighted by atomic mass is 9.87. The van der Waals surface area contributed by atoms with Crippen LogP contribution in [0.15, 0.2) is 85.6 Å². The van der Waals surface area contributed by atoms with E-state index in [2.05, 4.69) is 33.2 Å². The van der Waals surface area contributed by atoms with Crippen LogP contribution in [-0.4, -0.2) is 6.17 Å². The minimum atomic E-state index is -0.964. The highest BCUT2D eigenvalue weighted by atomic mass is 19.1. The Morgan fingerprint density at radius 1 is 1.10 bits per heavy atom. The summed E-state index contributed by atoms with van der Waals surface area (Å²) in [5.41, 5.74) is 2.72. The number of hydrogen-bond acceptors (Lipinski definition) is 0. The fourth-order valence-electron chi connectivity index (χ4n) is 2.15. The zero-order chi connectivity index (χ0) is 16.3. The van der Waals surface area contributed by atoms with Crippen LogP contribution in [0.4, 0.5) is 4.39 Å². The van der Waals surface area contributed by atoms with Gasteiger partial charge in [0, 0.05) is 0 Å². The monoisotopic (exact) mass is 286 g/mol. The lowest BCUT2D eigenvalue weighted by Crippen LogP contribution is -2.11. The van der Waals surface area contributed by atoms with Crippen molar-refractivity contribution in [3.8, 4) is 0 Å². The van der Waals surface area contributed by atoms with E-state index in [9.17, 15) is 4.39 Å². The van der Waals surface area contributed by atoms with Crippen LogP contribution in [-0.2, 0) is 0 Å². The lowest BCUT2D eigenvalue weighted by Gasteiger charge is -2.20. The molecule has 0 aromatic carbocycles.